The topological polar surface area (TPSA) is 63.2 Å². The minimum absolute atomic E-state index is 0.369. The Kier molecular flexibility index (Phi) is 5.28. The molecule has 34 heavy (non-hydrogen) atoms. The molecule has 0 spiro atoms. The van der Waals surface area contributed by atoms with Gasteiger partial charge in [0.15, 0.2) is 0 Å². The molecule has 4 fully saturated rings. The Hall–Kier alpha value is -3.34. The van der Waals surface area contributed by atoms with E-state index < -0.39 is 0 Å². The zero-order chi connectivity index (χ0) is 23.1. The van der Waals surface area contributed by atoms with Gasteiger partial charge in [0.05, 0.1) is 30.2 Å². The molecule has 5 heteroatoms. The van der Waals surface area contributed by atoms with Gasteiger partial charge < -0.3 is 15.4 Å². The summed E-state index contributed by atoms with van der Waals surface area (Å²) in [5.74, 6) is 3.29. The monoisotopic (exact) mass is 453 g/mol. The van der Waals surface area contributed by atoms with Crippen molar-refractivity contribution in [2.24, 2.45) is 17.8 Å². The van der Waals surface area contributed by atoms with Gasteiger partial charge in [0.2, 0.25) is 0 Å². The van der Waals surface area contributed by atoms with Crippen molar-refractivity contribution < 1.29 is 9.53 Å². The number of benzene rings is 2. The first kappa shape index (κ1) is 21.2. The second-order valence-corrected chi connectivity index (χ2v) is 10.5. The molecular formula is C29H31N3O2. The van der Waals surface area contributed by atoms with E-state index in [1.165, 1.54) is 51.2 Å². The normalized spacial score (nSPS) is 26.8. The highest BCUT2D eigenvalue weighted by Crippen LogP contribution is 2.60. The third-order valence-corrected chi connectivity index (χ3v) is 8.18. The van der Waals surface area contributed by atoms with Crippen LogP contribution in [0.5, 0.6) is 0 Å². The van der Waals surface area contributed by atoms with Crippen LogP contribution in [-0.2, 0) is 10.2 Å². The summed E-state index contributed by atoms with van der Waals surface area (Å²) in [5, 5.41) is 6.68. The summed E-state index contributed by atoms with van der Waals surface area (Å²) in [6.07, 6.45) is 10.4. The summed E-state index contributed by atoms with van der Waals surface area (Å²) >= 11 is 0. The van der Waals surface area contributed by atoms with Crippen molar-refractivity contribution in [3.63, 3.8) is 0 Å². The number of rotatable bonds is 6. The highest BCUT2D eigenvalue weighted by atomic mass is 16.5. The summed E-state index contributed by atoms with van der Waals surface area (Å²) in [4.78, 5) is 16.5. The molecule has 0 unspecified atom stereocenters. The lowest BCUT2D eigenvalue weighted by atomic mass is 9.48. The summed E-state index contributed by atoms with van der Waals surface area (Å²) < 4.78 is 4.87. The molecule has 3 aromatic rings. The molecule has 2 aromatic carbocycles. The number of anilines is 4. The quantitative estimate of drug-likeness (QED) is 0.401. The van der Waals surface area contributed by atoms with Gasteiger partial charge in [-0.25, -0.2) is 9.78 Å². The molecule has 0 amide bonds. The van der Waals surface area contributed by atoms with Crippen LogP contribution in [0.25, 0.3) is 0 Å². The number of carbonyl (C=O) groups is 1. The number of aromatic nitrogens is 1. The van der Waals surface area contributed by atoms with E-state index in [1.807, 2.05) is 30.3 Å². The van der Waals surface area contributed by atoms with Crippen molar-refractivity contribution in [1.82, 2.24) is 4.98 Å². The smallest absolute Gasteiger partial charge is 0.339 e. The van der Waals surface area contributed by atoms with E-state index >= 15 is 0 Å². The fourth-order valence-corrected chi connectivity index (χ4v) is 7.10. The lowest BCUT2D eigenvalue weighted by Gasteiger charge is -2.57. The highest BCUT2D eigenvalue weighted by Gasteiger charge is 2.51. The van der Waals surface area contributed by atoms with Crippen molar-refractivity contribution >= 4 is 28.8 Å². The molecule has 4 saturated carbocycles. The van der Waals surface area contributed by atoms with E-state index in [0.717, 1.165) is 34.9 Å². The molecule has 2 N–H and O–H groups in total. The number of esters is 1. The first-order valence-corrected chi connectivity index (χ1v) is 12.4. The predicted octanol–water partition coefficient (Wildman–Crippen LogP) is 6.82. The molecule has 1 heterocycles. The van der Waals surface area contributed by atoms with Crippen molar-refractivity contribution in [1.29, 1.82) is 0 Å². The van der Waals surface area contributed by atoms with E-state index in [4.69, 9.17) is 4.74 Å². The molecule has 7 rings (SSSR count). The number of methoxy groups -OCH3 is 1. The molecule has 4 bridgehead atoms. The summed E-state index contributed by atoms with van der Waals surface area (Å²) in [7, 11) is 1.39. The first-order valence-electron chi connectivity index (χ1n) is 12.4. The maximum absolute atomic E-state index is 12.0. The van der Waals surface area contributed by atoms with Gasteiger partial charge in [-0.2, -0.15) is 0 Å². The lowest BCUT2D eigenvalue weighted by molar-refractivity contribution is -0.00518. The summed E-state index contributed by atoms with van der Waals surface area (Å²) in [6.45, 7) is 0. The fraction of sp³-hybridized carbons (Fsp3) is 0.379. The molecule has 0 atom stereocenters. The number of nitrogens with one attached hydrogen (secondary N) is 2. The van der Waals surface area contributed by atoms with Gasteiger partial charge in [-0.05, 0) is 104 Å². The molecule has 4 aliphatic rings. The molecule has 4 aliphatic carbocycles. The van der Waals surface area contributed by atoms with Crippen LogP contribution in [0.2, 0.25) is 0 Å². The van der Waals surface area contributed by atoms with E-state index in [2.05, 4.69) is 39.9 Å². The number of para-hydroxylation sites is 1. The van der Waals surface area contributed by atoms with Crippen molar-refractivity contribution in [3.05, 3.63) is 78.0 Å². The summed E-state index contributed by atoms with van der Waals surface area (Å²) in [5.41, 5.74) is 5.01. The van der Waals surface area contributed by atoms with Crippen LogP contribution in [0.4, 0.5) is 22.9 Å². The first-order chi connectivity index (χ1) is 16.6. The van der Waals surface area contributed by atoms with E-state index in [0.29, 0.717) is 16.7 Å². The largest absolute Gasteiger partial charge is 0.465 e. The number of hydrogen-bond acceptors (Lipinski definition) is 5. The molecule has 1 aromatic heterocycles. The Morgan fingerprint density at radius 1 is 0.853 bits per heavy atom. The summed E-state index contributed by atoms with van der Waals surface area (Å²) in [6, 6.07) is 20.3. The van der Waals surface area contributed by atoms with Gasteiger partial charge in [-0.15, -0.1) is 0 Å². The number of pyridine rings is 1. The maximum atomic E-state index is 12.0. The fourth-order valence-electron chi connectivity index (χ4n) is 7.10. The number of ether oxygens (including phenoxy) is 1. The van der Waals surface area contributed by atoms with Gasteiger partial charge in [0, 0.05) is 5.69 Å². The zero-order valence-electron chi connectivity index (χ0n) is 19.6. The van der Waals surface area contributed by atoms with Crippen molar-refractivity contribution in [2.75, 3.05) is 17.7 Å². The minimum Gasteiger partial charge on any atom is -0.465 e. The molecular weight excluding hydrogens is 422 g/mol. The lowest BCUT2D eigenvalue weighted by Crippen LogP contribution is -2.48. The van der Waals surface area contributed by atoms with Gasteiger partial charge in [0.1, 0.15) is 5.82 Å². The van der Waals surface area contributed by atoms with Gasteiger partial charge in [0.25, 0.3) is 0 Å². The SMILES string of the molecule is COC(=O)c1ccccc1Nc1ccc(Nc2ccc(C34CC5CC(CC(C5)C3)C4)cc2)nc1. The van der Waals surface area contributed by atoms with Gasteiger partial charge in [-0.3, -0.25) is 0 Å². The third kappa shape index (κ3) is 3.93. The molecule has 5 nitrogen and oxygen atoms in total. The van der Waals surface area contributed by atoms with Crippen LogP contribution in [0.3, 0.4) is 0 Å². The predicted molar refractivity (Wildman–Crippen MR) is 135 cm³/mol. The minimum atomic E-state index is -0.369. The zero-order valence-corrected chi connectivity index (χ0v) is 19.6. The second kappa shape index (κ2) is 8.46. The van der Waals surface area contributed by atoms with Crippen LogP contribution >= 0.6 is 0 Å². The third-order valence-electron chi connectivity index (χ3n) is 8.18. The van der Waals surface area contributed by atoms with Crippen molar-refractivity contribution in [2.45, 2.75) is 43.9 Å². The van der Waals surface area contributed by atoms with Crippen LogP contribution in [-0.4, -0.2) is 18.1 Å². The standard InChI is InChI=1S/C29H31N3O2/c1-34-28(33)25-4-2-3-5-26(25)31-24-10-11-27(30-18-24)32-23-8-6-22(7-9-23)29-15-19-12-20(16-29)14-21(13-19)17-29/h2-11,18-21,31H,12-17H2,1H3,(H,30,32). The Morgan fingerprint density at radius 2 is 1.50 bits per heavy atom. The average Bonchev–Trinajstić information content (AvgIpc) is 2.85. The number of hydrogen-bond donors (Lipinski definition) is 2. The van der Waals surface area contributed by atoms with E-state index in [9.17, 15) is 4.79 Å². The van der Waals surface area contributed by atoms with Crippen molar-refractivity contribution in [3.8, 4) is 0 Å². The molecule has 0 saturated heterocycles. The highest BCUT2D eigenvalue weighted by molar-refractivity contribution is 5.96. The van der Waals surface area contributed by atoms with Crippen LogP contribution < -0.4 is 10.6 Å². The second-order valence-electron chi connectivity index (χ2n) is 10.5. The number of carbonyl (C=O) groups excluding carboxylic acids is 1. The van der Waals surface area contributed by atoms with Crippen LogP contribution in [0.15, 0.2) is 66.9 Å². The Balaban J connectivity index is 1.13. The Bertz CT molecular complexity index is 1150. The van der Waals surface area contributed by atoms with Crippen LogP contribution in [0, 0.1) is 17.8 Å². The molecule has 0 aliphatic heterocycles. The Morgan fingerprint density at radius 3 is 2.12 bits per heavy atom. The maximum Gasteiger partial charge on any atom is 0.339 e. The van der Waals surface area contributed by atoms with E-state index in [1.54, 1.807) is 12.3 Å². The Labute approximate surface area is 201 Å². The average molecular weight is 454 g/mol. The molecule has 0 radical (unpaired) electrons. The van der Waals surface area contributed by atoms with Crippen LogP contribution in [0.1, 0.15) is 54.4 Å². The molecule has 174 valence electrons. The van der Waals surface area contributed by atoms with Gasteiger partial charge in [-0.1, -0.05) is 24.3 Å². The number of nitrogens with zero attached hydrogens (tertiary/aromatic N) is 1. The van der Waals surface area contributed by atoms with E-state index in [-0.39, 0.29) is 5.97 Å². The van der Waals surface area contributed by atoms with Gasteiger partial charge >= 0.3 is 5.97 Å².